The van der Waals surface area contributed by atoms with E-state index >= 15 is 0 Å². The van der Waals surface area contributed by atoms with Gasteiger partial charge in [-0.2, -0.15) is 0 Å². The topological polar surface area (TPSA) is 71.1 Å². The average molecular weight is 278 g/mol. The molecule has 0 unspecified atom stereocenters. The molecule has 0 spiro atoms. The lowest BCUT2D eigenvalue weighted by Gasteiger charge is -2.08. The number of anilines is 1. The number of aromatic nitrogens is 1. The summed E-state index contributed by atoms with van der Waals surface area (Å²) in [7, 11) is -3.40. The predicted octanol–water partition coefficient (Wildman–Crippen LogP) is 1.48. The fourth-order valence-corrected chi connectivity index (χ4v) is 2.36. The number of halogens is 1. The van der Waals surface area contributed by atoms with Crippen LogP contribution in [0.15, 0.2) is 18.3 Å². The Balaban J connectivity index is 2.52. The average Bonchev–Trinajstić information content (AvgIpc) is 2.28. The second-order valence-corrected chi connectivity index (χ2v) is 5.75. The Morgan fingerprint density at radius 3 is 2.82 bits per heavy atom. The van der Waals surface area contributed by atoms with Crippen molar-refractivity contribution in [2.24, 2.45) is 0 Å². The van der Waals surface area contributed by atoms with Crippen molar-refractivity contribution in [3.63, 3.8) is 0 Å². The SMILES string of the molecule is CCCNCCS(=O)(=O)Nc1ncccc1Cl. The zero-order valence-corrected chi connectivity index (χ0v) is 11.2. The van der Waals surface area contributed by atoms with E-state index in [1.165, 1.54) is 6.20 Å². The van der Waals surface area contributed by atoms with Crippen molar-refractivity contribution in [1.29, 1.82) is 0 Å². The molecule has 0 radical (unpaired) electrons. The van der Waals surface area contributed by atoms with Gasteiger partial charge in [-0.25, -0.2) is 13.4 Å². The lowest BCUT2D eigenvalue weighted by molar-refractivity contribution is 0.595. The zero-order chi connectivity index (χ0) is 12.7. The van der Waals surface area contributed by atoms with E-state index in [9.17, 15) is 8.42 Å². The maximum absolute atomic E-state index is 11.7. The first kappa shape index (κ1) is 14.2. The number of hydrogen-bond acceptors (Lipinski definition) is 4. The molecule has 17 heavy (non-hydrogen) atoms. The summed E-state index contributed by atoms with van der Waals surface area (Å²) in [6.45, 7) is 3.24. The summed E-state index contributed by atoms with van der Waals surface area (Å²) in [5.74, 6) is 0.171. The van der Waals surface area contributed by atoms with Crippen LogP contribution in [0.25, 0.3) is 0 Å². The van der Waals surface area contributed by atoms with Gasteiger partial charge in [-0.1, -0.05) is 18.5 Å². The molecule has 0 bridgehead atoms. The minimum atomic E-state index is -3.40. The van der Waals surface area contributed by atoms with E-state index in [2.05, 4.69) is 15.0 Å². The molecular formula is C10H16ClN3O2S. The molecule has 1 aromatic rings. The fourth-order valence-electron chi connectivity index (χ4n) is 1.17. The summed E-state index contributed by atoms with van der Waals surface area (Å²) in [5, 5.41) is 3.31. The van der Waals surface area contributed by atoms with Gasteiger partial charge < -0.3 is 5.32 Å². The van der Waals surface area contributed by atoms with Crippen LogP contribution in [0.5, 0.6) is 0 Å². The Kier molecular flexibility index (Phi) is 5.67. The molecule has 0 aliphatic heterocycles. The monoisotopic (exact) mass is 277 g/mol. The molecule has 0 aliphatic carbocycles. The van der Waals surface area contributed by atoms with Crippen LogP contribution in [0, 0.1) is 0 Å². The third kappa shape index (κ3) is 5.34. The molecule has 0 saturated carbocycles. The molecular weight excluding hydrogens is 262 g/mol. The number of pyridine rings is 1. The highest BCUT2D eigenvalue weighted by atomic mass is 35.5. The van der Waals surface area contributed by atoms with Gasteiger partial charge in [0.1, 0.15) is 0 Å². The first-order valence-electron chi connectivity index (χ1n) is 5.37. The lowest BCUT2D eigenvalue weighted by Crippen LogP contribution is -2.27. The fraction of sp³-hybridized carbons (Fsp3) is 0.500. The van der Waals surface area contributed by atoms with Crippen LogP contribution in [-0.4, -0.2) is 32.2 Å². The molecule has 1 aromatic heterocycles. The van der Waals surface area contributed by atoms with Crippen molar-refractivity contribution < 1.29 is 8.42 Å². The summed E-state index contributed by atoms with van der Waals surface area (Å²) < 4.78 is 25.7. The number of hydrogen-bond donors (Lipinski definition) is 2. The van der Waals surface area contributed by atoms with E-state index in [1.54, 1.807) is 12.1 Å². The van der Waals surface area contributed by atoms with E-state index in [1.807, 2.05) is 6.92 Å². The van der Waals surface area contributed by atoms with Gasteiger partial charge in [-0.3, -0.25) is 4.72 Å². The maximum atomic E-state index is 11.7. The summed E-state index contributed by atoms with van der Waals surface area (Å²) in [5.41, 5.74) is 0. The summed E-state index contributed by atoms with van der Waals surface area (Å²) in [4.78, 5) is 3.87. The van der Waals surface area contributed by atoms with Crippen molar-refractivity contribution in [1.82, 2.24) is 10.3 Å². The summed E-state index contributed by atoms with van der Waals surface area (Å²) in [6, 6.07) is 3.23. The molecule has 0 amide bonds. The molecule has 0 aromatic carbocycles. The Hall–Kier alpha value is -0.850. The molecule has 7 heteroatoms. The van der Waals surface area contributed by atoms with Crippen molar-refractivity contribution in [2.75, 3.05) is 23.6 Å². The predicted molar refractivity (Wildman–Crippen MR) is 69.8 cm³/mol. The van der Waals surface area contributed by atoms with Gasteiger partial charge in [0.2, 0.25) is 10.0 Å². The summed E-state index contributed by atoms with van der Waals surface area (Å²) in [6.07, 6.45) is 2.46. The molecule has 0 aliphatic rings. The van der Waals surface area contributed by atoms with Gasteiger partial charge in [-0.15, -0.1) is 0 Å². The quantitative estimate of drug-likeness (QED) is 0.741. The Morgan fingerprint density at radius 2 is 2.18 bits per heavy atom. The van der Waals surface area contributed by atoms with Gasteiger partial charge in [0.15, 0.2) is 5.82 Å². The first-order valence-corrected chi connectivity index (χ1v) is 7.40. The molecule has 0 atom stereocenters. The third-order valence-corrected chi connectivity index (χ3v) is 3.54. The number of rotatable bonds is 7. The normalized spacial score (nSPS) is 11.4. The van der Waals surface area contributed by atoms with Crippen LogP contribution in [0.1, 0.15) is 13.3 Å². The molecule has 2 N–H and O–H groups in total. The minimum absolute atomic E-state index is 0.0000961. The second-order valence-electron chi connectivity index (χ2n) is 3.50. The van der Waals surface area contributed by atoms with Gasteiger partial charge >= 0.3 is 0 Å². The van der Waals surface area contributed by atoms with E-state index < -0.39 is 10.0 Å². The van der Waals surface area contributed by atoms with Gasteiger partial charge in [0.25, 0.3) is 0 Å². The molecule has 96 valence electrons. The zero-order valence-electron chi connectivity index (χ0n) is 9.61. The molecule has 0 fully saturated rings. The van der Waals surface area contributed by atoms with Crippen molar-refractivity contribution >= 4 is 27.4 Å². The Labute approximate surface area is 107 Å². The van der Waals surface area contributed by atoms with Crippen molar-refractivity contribution in [3.8, 4) is 0 Å². The highest BCUT2D eigenvalue weighted by Crippen LogP contribution is 2.18. The number of nitrogens with zero attached hydrogens (tertiary/aromatic N) is 1. The lowest BCUT2D eigenvalue weighted by atomic mass is 10.5. The van der Waals surface area contributed by atoms with Gasteiger partial charge in [0, 0.05) is 12.7 Å². The summed E-state index contributed by atoms with van der Waals surface area (Å²) >= 11 is 5.81. The van der Waals surface area contributed by atoms with Crippen LogP contribution in [-0.2, 0) is 10.0 Å². The maximum Gasteiger partial charge on any atom is 0.235 e. The van der Waals surface area contributed by atoms with Gasteiger partial charge in [-0.05, 0) is 25.1 Å². The standard InChI is InChI=1S/C10H16ClN3O2S/c1-2-5-12-7-8-17(15,16)14-10-9(11)4-3-6-13-10/h3-4,6,12H,2,5,7-8H2,1H3,(H,13,14). The molecule has 5 nitrogen and oxygen atoms in total. The van der Waals surface area contributed by atoms with Crippen LogP contribution >= 0.6 is 11.6 Å². The minimum Gasteiger partial charge on any atom is -0.316 e. The Morgan fingerprint density at radius 1 is 1.41 bits per heavy atom. The van der Waals surface area contributed by atoms with E-state index in [4.69, 9.17) is 11.6 Å². The number of nitrogens with one attached hydrogen (secondary N) is 2. The van der Waals surface area contributed by atoms with Crippen LogP contribution in [0.2, 0.25) is 5.02 Å². The highest BCUT2D eigenvalue weighted by molar-refractivity contribution is 7.92. The van der Waals surface area contributed by atoms with E-state index in [0.717, 1.165) is 13.0 Å². The molecule has 1 heterocycles. The molecule has 0 saturated heterocycles. The first-order chi connectivity index (χ1) is 8.05. The van der Waals surface area contributed by atoms with Crippen LogP contribution < -0.4 is 10.0 Å². The van der Waals surface area contributed by atoms with E-state index in [-0.39, 0.29) is 16.6 Å². The smallest absolute Gasteiger partial charge is 0.235 e. The third-order valence-electron chi connectivity index (χ3n) is 1.98. The highest BCUT2D eigenvalue weighted by Gasteiger charge is 2.12. The Bertz CT molecular complexity index is 451. The number of sulfonamides is 1. The van der Waals surface area contributed by atoms with Crippen molar-refractivity contribution in [2.45, 2.75) is 13.3 Å². The van der Waals surface area contributed by atoms with Crippen LogP contribution in [0.4, 0.5) is 5.82 Å². The van der Waals surface area contributed by atoms with Crippen LogP contribution in [0.3, 0.4) is 0 Å². The van der Waals surface area contributed by atoms with E-state index in [0.29, 0.717) is 6.54 Å². The van der Waals surface area contributed by atoms with Crippen molar-refractivity contribution in [3.05, 3.63) is 23.4 Å². The van der Waals surface area contributed by atoms with Gasteiger partial charge in [0.05, 0.1) is 10.8 Å². The second kappa shape index (κ2) is 6.78. The largest absolute Gasteiger partial charge is 0.316 e. The molecule has 1 rings (SSSR count).